The highest BCUT2D eigenvalue weighted by molar-refractivity contribution is 6.30. The molecule has 1 fully saturated rings. The Morgan fingerprint density at radius 1 is 1.03 bits per heavy atom. The second-order valence-electron chi connectivity index (χ2n) is 9.41. The first-order chi connectivity index (χ1) is 17.1. The van der Waals surface area contributed by atoms with Gasteiger partial charge in [0, 0.05) is 36.0 Å². The lowest BCUT2D eigenvalue weighted by Gasteiger charge is -2.20. The van der Waals surface area contributed by atoms with Gasteiger partial charge in [0.25, 0.3) is 0 Å². The van der Waals surface area contributed by atoms with Crippen molar-refractivity contribution >= 4 is 33.9 Å². The number of likely N-dealkylation sites (tertiary alicyclic amines) is 1. The van der Waals surface area contributed by atoms with Gasteiger partial charge in [0.05, 0.1) is 24.1 Å². The van der Waals surface area contributed by atoms with Crippen molar-refractivity contribution in [1.29, 1.82) is 0 Å². The van der Waals surface area contributed by atoms with Crippen molar-refractivity contribution in [3.8, 4) is 5.88 Å². The SMILES string of the molecule is CC1CCCN1CCCOc1nn(Cc2ccc(Cl)cc2)c2ccc(N(C)c3ccccc3)cc12. The topological polar surface area (TPSA) is 33.5 Å². The van der Waals surface area contributed by atoms with Crippen molar-refractivity contribution in [2.45, 2.75) is 38.8 Å². The molecule has 6 heteroatoms. The minimum absolute atomic E-state index is 0.662. The minimum atomic E-state index is 0.662. The Morgan fingerprint density at radius 2 is 1.83 bits per heavy atom. The zero-order chi connectivity index (χ0) is 24.2. The van der Waals surface area contributed by atoms with Gasteiger partial charge in [-0.15, -0.1) is 5.10 Å². The van der Waals surface area contributed by atoms with Gasteiger partial charge < -0.3 is 14.5 Å². The molecule has 0 bridgehead atoms. The summed E-state index contributed by atoms with van der Waals surface area (Å²) in [5.74, 6) is 0.701. The number of para-hydroxylation sites is 1. The number of ether oxygens (including phenoxy) is 1. The molecule has 1 atom stereocenters. The van der Waals surface area contributed by atoms with Crippen LogP contribution in [0.2, 0.25) is 5.02 Å². The first kappa shape index (κ1) is 23.7. The highest BCUT2D eigenvalue weighted by Gasteiger charge is 2.20. The minimum Gasteiger partial charge on any atom is -0.476 e. The van der Waals surface area contributed by atoms with Crippen molar-refractivity contribution in [1.82, 2.24) is 14.7 Å². The lowest BCUT2D eigenvalue weighted by atomic mass is 10.2. The predicted octanol–water partition coefficient (Wildman–Crippen LogP) is 6.76. The Bertz CT molecular complexity index is 1260. The summed E-state index contributed by atoms with van der Waals surface area (Å²) in [6.45, 7) is 5.93. The third kappa shape index (κ3) is 5.47. The number of hydrogen-bond donors (Lipinski definition) is 0. The monoisotopic (exact) mass is 488 g/mol. The lowest BCUT2D eigenvalue weighted by molar-refractivity contribution is 0.227. The van der Waals surface area contributed by atoms with Gasteiger partial charge in [-0.2, -0.15) is 0 Å². The first-order valence-corrected chi connectivity index (χ1v) is 12.9. The Kier molecular flexibility index (Phi) is 7.26. The number of anilines is 2. The Balaban J connectivity index is 1.40. The summed E-state index contributed by atoms with van der Waals surface area (Å²) in [7, 11) is 2.09. The Hall–Kier alpha value is -3.02. The summed E-state index contributed by atoms with van der Waals surface area (Å²) in [6, 6.07) is 25.5. The van der Waals surface area contributed by atoms with Crippen LogP contribution in [0.1, 0.15) is 31.7 Å². The third-order valence-corrected chi connectivity index (χ3v) is 7.25. The van der Waals surface area contributed by atoms with Crippen LogP contribution in [0.3, 0.4) is 0 Å². The molecule has 0 saturated carbocycles. The fourth-order valence-electron chi connectivity index (χ4n) is 4.90. The molecule has 1 saturated heterocycles. The largest absolute Gasteiger partial charge is 0.476 e. The maximum Gasteiger partial charge on any atom is 0.240 e. The second kappa shape index (κ2) is 10.7. The molecule has 5 rings (SSSR count). The molecule has 1 aliphatic heterocycles. The van der Waals surface area contributed by atoms with Gasteiger partial charge in [0.1, 0.15) is 0 Å². The molecule has 4 aromatic rings. The zero-order valence-electron chi connectivity index (χ0n) is 20.5. The van der Waals surface area contributed by atoms with E-state index in [-0.39, 0.29) is 0 Å². The average molecular weight is 489 g/mol. The highest BCUT2D eigenvalue weighted by atomic mass is 35.5. The van der Waals surface area contributed by atoms with E-state index >= 15 is 0 Å². The summed E-state index contributed by atoms with van der Waals surface area (Å²) >= 11 is 6.09. The third-order valence-electron chi connectivity index (χ3n) is 7.00. The van der Waals surface area contributed by atoms with Crippen LogP contribution >= 0.6 is 11.6 Å². The quantitative estimate of drug-likeness (QED) is 0.244. The van der Waals surface area contributed by atoms with Crippen LogP contribution in [0.15, 0.2) is 72.8 Å². The number of halogens is 1. The van der Waals surface area contributed by atoms with Crippen molar-refractivity contribution in [3.63, 3.8) is 0 Å². The number of fused-ring (bicyclic) bond motifs is 1. The van der Waals surface area contributed by atoms with Crippen LogP contribution in [0.4, 0.5) is 11.4 Å². The summed E-state index contributed by atoms with van der Waals surface area (Å²) in [5.41, 5.74) is 4.46. The summed E-state index contributed by atoms with van der Waals surface area (Å²) < 4.78 is 8.32. The summed E-state index contributed by atoms with van der Waals surface area (Å²) in [6.07, 6.45) is 3.61. The van der Waals surface area contributed by atoms with Crippen LogP contribution < -0.4 is 9.64 Å². The standard InChI is InChI=1S/C29H33ClN4O/c1-22-8-6-17-33(22)18-7-19-35-29-27-20-26(32(2)25-9-4-3-5-10-25)15-16-28(27)34(31-29)21-23-11-13-24(30)14-12-23/h3-5,9-16,20,22H,6-8,17-19,21H2,1-2H3. The molecule has 1 unspecified atom stereocenters. The fourth-order valence-corrected chi connectivity index (χ4v) is 5.02. The van der Waals surface area contributed by atoms with Crippen LogP contribution in [0, 0.1) is 0 Å². The highest BCUT2D eigenvalue weighted by Crippen LogP contribution is 2.32. The lowest BCUT2D eigenvalue weighted by Crippen LogP contribution is -2.28. The maximum atomic E-state index is 6.29. The number of rotatable bonds is 9. The van der Waals surface area contributed by atoms with Gasteiger partial charge in [-0.3, -0.25) is 4.68 Å². The number of nitrogens with zero attached hydrogens (tertiary/aromatic N) is 4. The van der Waals surface area contributed by atoms with Gasteiger partial charge in [0.2, 0.25) is 5.88 Å². The van der Waals surface area contributed by atoms with Gasteiger partial charge in [0.15, 0.2) is 0 Å². The van der Waals surface area contributed by atoms with Gasteiger partial charge >= 0.3 is 0 Å². The molecule has 35 heavy (non-hydrogen) atoms. The Morgan fingerprint density at radius 3 is 2.57 bits per heavy atom. The molecule has 0 spiro atoms. The molecule has 0 aliphatic carbocycles. The van der Waals surface area contributed by atoms with Crippen molar-refractivity contribution < 1.29 is 4.74 Å². The van der Waals surface area contributed by atoms with E-state index < -0.39 is 0 Å². The van der Waals surface area contributed by atoms with Gasteiger partial charge in [-0.05, 0) is 80.8 Å². The number of benzene rings is 3. The fraction of sp³-hybridized carbons (Fsp3) is 0.345. The molecular formula is C29H33ClN4O. The normalized spacial score (nSPS) is 16.1. The van der Waals surface area contributed by atoms with Crippen LogP contribution in [0.25, 0.3) is 10.9 Å². The molecule has 0 N–H and O–H groups in total. The average Bonchev–Trinajstić information content (AvgIpc) is 3.45. The molecule has 2 heterocycles. The summed E-state index contributed by atoms with van der Waals surface area (Å²) in [4.78, 5) is 4.75. The molecule has 1 aromatic heterocycles. The maximum absolute atomic E-state index is 6.29. The van der Waals surface area contributed by atoms with E-state index in [1.807, 2.05) is 35.0 Å². The molecule has 3 aromatic carbocycles. The van der Waals surface area contributed by atoms with Crippen LogP contribution in [-0.4, -0.2) is 47.5 Å². The van der Waals surface area contributed by atoms with E-state index in [2.05, 4.69) is 66.2 Å². The molecule has 5 nitrogen and oxygen atoms in total. The summed E-state index contributed by atoms with van der Waals surface area (Å²) in [5, 5.41) is 6.67. The van der Waals surface area contributed by atoms with Crippen LogP contribution in [0.5, 0.6) is 5.88 Å². The van der Waals surface area contributed by atoms with E-state index in [1.165, 1.54) is 19.4 Å². The van der Waals surface area contributed by atoms with E-state index in [1.54, 1.807) is 0 Å². The number of aromatic nitrogens is 2. The Labute approximate surface area is 212 Å². The zero-order valence-corrected chi connectivity index (χ0v) is 21.3. The van der Waals surface area contributed by atoms with Crippen molar-refractivity contribution in [3.05, 3.63) is 83.4 Å². The smallest absolute Gasteiger partial charge is 0.240 e. The molecule has 182 valence electrons. The second-order valence-corrected chi connectivity index (χ2v) is 9.85. The van der Waals surface area contributed by atoms with E-state index in [0.29, 0.717) is 25.1 Å². The molecule has 0 amide bonds. The molecular weight excluding hydrogens is 456 g/mol. The van der Waals surface area contributed by atoms with E-state index in [9.17, 15) is 0 Å². The van der Waals surface area contributed by atoms with E-state index in [4.69, 9.17) is 21.4 Å². The van der Waals surface area contributed by atoms with Gasteiger partial charge in [-0.25, -0.2) is 0 Å². The van der Waals surface area contributed by atoms with Crippen molar-refractivity contribution in [2.75, 3.05) is 31.6 Å². The van der Waals surface area contributed by atoms with E-state index in [0.717, 1.165) is 45.8 Å². The van der Waals surface area contributed by atoms with Crippen LogP contribution in [-0.2, 0) is 6.54 Å². The molecule has 1 aliphatic rings. The van der Waals surface area contributed by atoms with Gasteiger partial charge in [-0.1, -0.05) is 41.9 Å². The predicted molar refractivity (Wildman–Crippen MR) is 145 cm³/mol. The first-order valence-electron chi connectivity index (χ1n) is 12.5. The van der Waals surface area contributed by atoms with Crippen molar-refractivity contribution in [2.24, 2.45) is 0 Å². The number of hydrogen-bond acceptors (Lipinski definition) is 4. The molecule has 0 radical (unpaired) electrons.